The Bertz CT molecular complexity index is 563. The molecule has 0 bridgehead atoms. The van der Waals surface area contributed by atoms with E-state index in [-0.39, 0.29) is 17.3 Å². The maximum absolute atomic E-state index is 11.8. The molecule has 0 unspecified atom stereocenters. The largest absolute Gasteiger partial charge is 0.444 e. The molecule has 1 amide bonds. The predicted octanol–water partition coefficient (Wildman–Crippen LogP) is 0.345. The minimum Gasteiger partial charge on any atom is -0.444 e. The van der Waals surface area contributed by atoms with Crippen molar-refractivity contribution in [3.05, 3.63) is 12.1 Å². The van der Waals surface area contributed by atoms with Crippen molar-refractivity contribution in [1.82, 2.24) is 10.0 Å². The molecule has 0 fully saturated rings. The van der Waals surface area contributed by atoms with E-state index in [4.69, 9.17) is 12.6 Å². The van der Waals surface area contributed by atoms with Gasteiger partial charge in [0.2, 0.25) is 10.0 Å². The number of sulfonamides is 1. The fourth-order valence-electron chi connectivity index (χ4n) is 1.21. The molecule has 9 heteroatoms. The van der Waals surface area contributed by atoms with Crippen LogP contribution in [0.5, 0.6) is 0 Å². The number of rotatable bonds is 5. The van der Waals surface area contributed by atoms with Crippen LogP contribution in [0.2, 0.25) is 0 Å². The van der Waals surface area contributed by atoms with Gasteiger partial charge in [-0.25, -0.2) is 17.9 Å². The zero-order valence-electron chi connectivity index (χ0n) is 11.6. The summed E-state index contributed by atoms with van der Waals surface area (Å²) >= 11 is 0.982. The first-order valence-corrected chi connectivity index (χ1v) is 8.22. The molecule has 0 spiro atoms. The smallest absolute Gasteiger partial charge is 0.407 e. The van der Waals surface area contributed by atoms with Crippen molar-refractivity contribution >= 4 is 40.1 Å². The molecular formula is C11H17BN2O4S2. The van der Waals surface area contributed by atoms with E-state index >= 15 is 0 Å². The Morgan fingerprint density at radius 1 is 1.35 bits per heavy atom. The van der Waals surface area contributed by atoms with E-state index in [2.05, 4.69) is 10.0 Å². The molecule has 0 aliphatic carbocycles. The summed E-state index contributed by atoms with van der Waals surface area (Å²) < 4.78 is 31.6. The summed E-state index contributed by atoms with van der Waals surface area (Å²) in [7, 11) is 1.91. The molecule has 2 radical (unpaired) electrons. The molecule has 0 atom stereocenters. The van der Waals surface area contributed by atoms with Gasteiger partial charge in [-0.15, -0.1) is 11.3 Å². The summed E-state index contributed by atoms with van der Waals surface area (Å²) in [4.78, 5) is 11.3. The van der Waals surface area contributed by atoms with Crippen LogP contribution in [0.25, 0.3) is 0 Å². The van der Waals surface area contributed by atoms with E-state index in [1.807, 2.05) is 0 Å². The van der Waals surface area contributed by atoms with E-state index in [0.29, 0.717) is 4.78 Å². The Kier molecular flexibility index (Phi) is 5.61. The second-order valence-corrected chi connectivity index (χ2v) is 8.09. The molecule has 0 saturated heterocycles. The number of hydrogen-bond donors (Lipinski definition) is 2. The van der Waals surface area contributed by atoms with Gasteiger partial charge < -0.3 is 10.1 Å². The van der Waals surface area contributed by atoms with Crippen LogP contribution in [0, 0.1) is 0 Å². The Balaban J connectivity index is 2.36. The van der Waals surface area contributed by atoms with Crippen molar-refractivity contribution in [3.63, 3.8) is 0 Å². The highest BCUT2D eigenvalue weighted by molar-refractivity contribution is 7.91. The Hall–Kier alpha value is -1.06. The van der Waals surface area contributed by atoms with Crippen LogP contribution in [0.4, 0.5) is 4.79 Å². The van der Waals surface area contributed by atoms with Gasteiger partial charge in [-0.3, -0.25) is 0 Å². The number of amides is 1. The van der Waals surface area contributed by atoms with Gasteiger partial charge in [0.25, 0.3) is 0 Å². The fraction of sp³-hybridized carbons (Fsp3) is 0.545. The van der Waals surface area contributed by atoms with Gasteiger partial charge in [0.15, 0.2) is 0 Å². The number of ether oxygens (including phenoxy) is 1. The first-order valence-electron chi connectivity index (χ1n) is 5.92. The zero-order chi connectivity index (χ0) is 15.4. The third-order valence-electron chi connectivity index (χ3n) is 1.95. The molecule has 20 heavy (non-hydrogen) atoms. The number of carbonyl (C=O) groups excluding carboxylic acids is 1. The van der Waals surface area contributed by atoms with E-state index in [9.17, 15) is 13.2 Å². The average Bonchev–Trinajstić information content (AvgIpc) is 2.70. The van der Waals surface area contributed by atoms with Crippen LogP contribution in [0.3, 0.4) is 0 Å². The number of nitrogens with one attached hydrogen (secondary N) is 2. The Labute approximate surface area is 124 Å². The highest BCUT2D eigenvalue weighted by Crippen LogP contribution is 2.12. The maximum Gasteiger partial charge on any atom is 0.407 e. The molecule has 0 aliphatic rings. The van der Waals surface area contributed by atoms with Crippen molar-refractivity contribution < 1.29 is 17.9 Å². The summed E-state index contributed by atoms with van der Waals surface area (Å²) in [5.74, 6) is 0. The van der Waals surface area contributed by atoms with Crippen LogP contribution in [0.15, 0.2) is 16.3 Å². The average molecular weight is 316 g/mol. The van der Waals surface area contributed by atoms with E-state index < -0.39 is 21.7 Å². The number of carbonyl (C=O) groups is 1. The molecule has 1 rings (SSSR count). The van der Waals surface area contributed by atoms with Gasteiger partial charge in [-0.2, -0.15) is 0 Å². The molecule has 0 aliphatic heterocycles. The van der Waals surface area contributed by atoms with Crippen molar-refractivity contribution in [3.8, 4) is 0 Å². The third kappa shape index (κ3) is 5.93. The lowest BCUT2D eigenvalue weighted by Crippen LogP contribution is -2.37. The number of hydrogen-bond acceptors (Lipinski definition) is 5. The van der Waals surface area contributed by atoms with Crippen molar-refractivity contribution in [2.24, 2.45) is 0 Å². The first kappa shape index (κ1) is 17.0. The van der Waals surface area contributed by atoms with E-state index in [1.165, 1.54) is 12.1 Å². The summed E-state index contributed by atoms with van der Waals surface area (Å²) in [6.07, 6.45) is -0.586. The lowest BCUT2D eigenvalue weighted by molar-refractivity contribution is 0.0529. The molecule has 1 heterocycles. The standard InChI is InChI=1S/C11H17BN2O4S2/c1-11(2,3)18-10(15)13-6-7-14-20(16,17)9-5-4-8(12)19-9/h4-5,14H,6-7H2,1-3H3,(H,13,15). The highest BCUT2D eigenvalue weighted by Gasteiger charge is 2.17. The third-order valence-corrected chi connectivity index (χ3v) is 4.82. The lowest BCUT2D eigenvalue weighted by atomic mass is 10.1. The number of alkyl carbamates (subject to hydrolysis) is 1. The van der Waals surface area contributed by atoms with Crippen LogP contribution in [-0.4, -0.2) is 41.0 Å². The van der Waals surface area contributed by atoms with Crippen molar-refractivity contribution in [1.29, 1.82) is 0 Å². The van der Waals surface area contributed by atoms with Crippen LogP contribution >= 0.6 is 11.3 Å². The minimum absolute atomic E-state index is 0.0688. The summed E-state index contributed by atoms with van der Waals surface area (Å²) in [5, 5.41) is 2.46. The lowest BCUT2D eigenvalue weighted by Gasteiger charge is -2.19. The van der Waals surface area contributed by atoms with E-state index in [0.717, 1.165) is 11.3 Å². The summed E-state index contributed by atoms with van der Waals surface area (Å²) in [6.45, 7) is 5.44. The van der Waals surface area contributed by atoms with Crippen LogP contribution in [0.1, 0.15) is 20.8 Å². The SMILES string of the molecule is [B]c1ccc(S(=O)(=O)NCCNC(=O)OC(C)(C)C)s1. The molecule has 1 aromatic rings. The Morgan fingerprint density at radius 3 is 2.50 bits per heavy atom. The second-order valence-electron chi connectivity index (χ2n) is 4.98. The minimum atomic E-state index is -3.58. The quantitative estimate of drug-likeness (QED) is 0.606. The molecular weight excluding hydrogens is 299 g/mol. The maximum atomic E-state index is 11.8. The van der Waals surface area contributed by atoms with Crippen LogP contribution < -0.4 is 14.8 Å². The topological polar surface area (TPSA) is 84.5 Å². The van der Waals surface area contributed by atoms with Gasteiger partial charge in [0.1, 0.15) is 17.7 Å². The van der Waals surface area contributed by atoms with Gasteiger partial charge in [0.05, 0.1) is 0 Å². The van der Waals surface area contributed by atoms with Gasteiger partial charge >= 0.3 is 6.09 Å². The molecule has 110 valence electrons. The zero-order valence-corrected chi connectivity index (χ0v) is 13.2. The summed E-state index contributed by atoms with van der Waals surface area (Å²) in [6, 6.07) is 2.96. The fourth-order valence-corrected chi connectivity index (χ4v) is 3.38. The van der Waals surface area contributed by atoms with Gasteiger partial charge in [-0.05, 0) is 31.6 Å². The molecule has 1 aromatic heterocycles. The predicted molar refractivity (Wildman–Crippen MR) is 79.1 cm³/mol. The van der Waals surface area contributed by atoms with Gasteiger partial charge in [-0.1, -0.05) is 6.07 Å². The van der Waals surface area contributed by atoms with E-state index in [1.54, 1.807) is 20.8 Å². The first-order chi connectivity index (χ1) is 9.10. The van der Waals surface area contributed by atoms with Crippen molar-refractivity contribution in [2.45, 2.75) is 30.6 Å². The Morgan fingerprint density at radius 2 is 2.00 bits per heavy atom. The molecule has 0 aromatic carbocycles. The molecule has 2 N–H and O–H groups in total. The molecule has 0 saturated carbocycles. The monoisotopic (exact) mass is 316 g/mol. The summed E-state index contributed by atoms with van der Waals surface area (Å²) in [5.41, 5.74) is -0.585. The normalized spacial score (nSPS) is 12.2. The van der Waals surface area contributed by atoms with Gasteiger partial charge in [0, 0.05) is 13.1 Å². The highest BCUT2D eigenvalue weighted by atomic mass is 32.2. The number of thiophene rings is 1. The van der Waals surface area contributed by atoms with Crippen LogP contribution in [-0.2, 0) is 14.8 Å². The molecule has 6 nitrogen and oxygen atoms in total. The second kappa shape index (κ2) is 6.60. The van der Waals surface area contributed by atoms with Crippen molar-refractivity contribution in [2.75, 3.05) is 13.1 Å².